The molecule has 1 aliphatic rings. The average Bonchev–Trinajstić information content (AvgIpc) is 3.09. The van der Waals surface area contributed by atoms with Crippen LogP contribution in [0.3, 0.4) is 0 Å². The quantitative estimate of drug-likeness (QED) is 0.752. The SMILES string of the molecule is CCSC(=O)C1=CCN(S(=O)(=O)c2ccc(C)cc2)[C@H]1c1ccc(F)cc1. The van der Waals surface area contributed by atoms with E-state index in [1.54, 1.807) is 30.3 Å². The summed E-state index contributed by atoms with van der Waals surface area (Å²) in [6, 6.07) is 11.5. The minimum atomic E-state index is -3.82. The molecule has 4 nitrogen and oxygen atoms in total. The first-order valence-corrected chi connectivity index (χ1v) is 11.0. The van der Waals surface area contributed by atoms with E-state index in [-0.39, 0.29) is 16.6 Å². The molecule has 1 aliphatic heterocycles. The van der Waals surface area contributed by atoms with Crippen LogP contribution in [0.15, 0.2) is 65.1 Å². The molecule has 1 atom stereocenters. The first-order chi connectivity index (χ1) is 12.8. The van der Waals surface area contributed by atoms with Gasteiger partial charge in [-0.3, -0.25) is 4.79 Å². The zero-order chi connectivity index (χ0) is 19.6. The van der Waals surface area contributed by atoms with Crippen molar-refractivity contribution in [2.75, 3.05) is 12.3 Å². The van der Waals surface area contributed by atoms with Gasteiger partial charge in [0.25, 0.3) is 0 Å². The molecule has 142 valence electrons. The van der Waals surface area contributed by atoms with Crippen LogP contribution in [0, 0.1) is 12.7 Å². The number of hydrogen-bond acceptors (Lipinski definition) is 4. The Bertz CT molecular complexity index is 967. The van der Waals surface area contributed by atoms with Crippen molar-refractivity contribution < 1.29 is 17.6 Å². The average molecular weight is 406 g/mol. The lowest BCUT2D eigenvalue weighted by Crippen LogP contribution is -2.33. The molecule has 27 heavy (non-hydrogen) atoms. The van der Waals surface area contributed by atoms with Gasteiger partial charge in [0, 0.05) is 12.1 Å². The molecule has 0 aromatic heterocycles. The molecule has 2 aromatic rings. The second-order valence-corrected chi connectivity index (χ2v) is 9.35. The molecule has 0 spiro atoms. The van der Waals surface area contributed by atoms with Gasteiger partial charge in [0.2, 0.25) is 15.1 Å². The third-order valence-electron chi connectivity index (χ3n) is 4.40. The van der Waals surface area contributed by atoms with Gasteiger partial charge in [0.1, 0.15) is 5.82 Å². The molecule has 1 heterocycles. The number of benzene rings is 2. The lowest BCUT2D eigenvalue weighted by molar-refractivity contribution is -0.108. The number of aryl methyl sites for hydroxylation is 1. The normalized spacial score (nSPS) is 17.7. The third-order valence-corrected chi connectivity index (χ3v) is 7.03. The molecule has 0 aliphatic carbocycles. The molecule has 0 N–H and O–H groups in total. The van der Waals surface area contributed by atoms with Gasteiger partial charge in [0.05, 0.1) is 10.9 Å². The Morgan fingerprint density at radius 2 is 1.78 bits per heavy atom. The van der Waals surface area contributed by atoms with Crippen LogP contribution in [-0.4, -0.2) is 30.1 Å². The van der Waals surface area contributed by atoms with Crippen molar-refractivity contribution >= 4 is 26.9 Å². The smallest absolute Gasteiger partial charge is 0.244 e. The number of nitrogens with zero attached hydrogens (tertiary/aromatic N) is 1. The fraction of sp³-hybridized carbons (Fsp3) is 0.250. The molecule has 7 heteroatoms. The van der Waals surface area contributed by atoms with E-state index in [9.17, 15) is 17.6 Å². The standard InChI is InChI=1S/C20H20FNO3S2/c1-3-26-20(23)18-12-13-22(19(18)15-6-8-16(21)9-7-15)27(24,25)17-10-4-14(2)5-11-17/h4-12,19H,3,13H2,1-2H3/t19-/m0/s1. The van der Waals surface area contributed by atoms with Gasteiger partial charge in [-0.25, -0.2) is 12.8 Å². The van der Waals surface area contributed by atoms with Gasteiger partial charge >= 0.3 is 0 Å². The molecule has 0 unspecified atom stereocenters. The van der Waals surface area contributed by atoms with Gasteiger partial charge in [-0.05, 0) is 42.5 Å². The summed E-state index contributed by atoms with van der Waals surface area (Å²) in [5.41, 5.74) is 1.95. The predicted molar refractivity (Wildman–Crippen MR) is 105 cm³/mol. The number of carbonyl (C=O) groups excluding carboxylic acids is 1. The van der Waals surface area contributed by atoms with E-state index in [2.05, 4.69) is 0 Å². The van der Waals surface area contributed by atoms with E-state index < -0.39 is 21.9 Å². The van der Waals surface area contributed by atoms with E-state index in [0.29, 0.717) is 16.9 Å². The van der Waals surface area contributed by atoms with Gasteiger partial charge in [-0.1, -0.05) is 54.6 Å². The van der Waals surface area contributed by atoms with Crippen molar-refractivity contribution in [3.8, 4) is 0 Å². The van der Waals surface area contributed by atoms with Crippen molar-refractivity contribution in [2.45, 2.75) is 24.8 Å². The molecule has 0 saturated heterocycles. The third kappa shape index (κ3) is 4.00. The number of carbonyl (C=O) groups is 1. The summed E-state index contributed by atoms with van der Waals surface area (Å²) >= 11 is 1.14. The molecule has 0 amide bonds. The summed E-state index contributed by atoms with van der Waals surface area (Å²) in [6.07, 6.45) is 1.66. The van der Waals surface area contributed by atoms with Gasteiger partial charge in [0.15, 0.2) is 0 Å². The summed E-state index contributed by atoms with van der Waals surface area (Å²) in [4.78, 5) is 12.7. The van der Waals surface area contributed by atoms with E-state index in [1.807, 2.05) is 13.8 Å². The van der Waals surface area contributed by atoms with E-state index in [0.717, 1.165) is 17.3 Å². The van der Waals surface area contributed by atoms with Crippen LogP contribution in [-0.2, 0) is 14.8 Å². The summed E-state index contributed by atoms with van der Waals surface area (Å²) in [7, 11) is -3.82. The molecule has 0 fully saturated rings. The van der Waals surface area contributed by atoms with Crippen LogP contribution in [0.1, 0.15) is 24.1 Å². The maximum atomic E-state index is 13.4. The minimum absolute atomic E-state index is 0.101. The van der Waals surface area contributed by atoms with Crippen LogP contribution in [0.4, 0.5) is 4.39 Å². The lowest BCUT2D eigenvalue weighted by Gasteiger charge is -2.26. The minimum Gasteiger partial charge on any atom is -0.282 e. The van der Waals surface area contributed by atoms with Crippen LogP contribution in [0.2, 0.25) is 0 Å². The fourth-order valence-corrected chi connectivity index (χ4v) is 5.20. The van der Waals surface area contributed by atoms with Crippen LogP contribution in [0.5, 0.6) is 0 Å². The molecular weight excluding hydrogens is 385 g/mol. The molecule has 0 radical (unpaired) electrons. The second-order valence-electron chi connectivity index (χ2n) is 6.22. The molecule has 2 aromatic carbocycles. The van der Waals surface area contributed by atoms with Crippen molar-refractivity contribution in [3.63, 3.8) is 0 Å². The molecule has 0 bridgehead atoms. The van der Waals surface area contributed by atoms with Crippen molar-refractivity contribution in [1.82, 2.24) is 4.31 Å². The molecule has 0 saturated carbocycles. The summed E-state index contributed by atoms with van der Waals surface area (Å²) < 4.78 is 41.1. The Kier molecular flexibility index (Phi) is 5.83. The lowest BCUT2D eigenvalue weighted by atomic mass is 10.0. The highest BCUT2D eigenvalue weighted by Gasteiger charge is 2.40. The largest absolute Gasteiger partial charge is 0.282 e. The summed E-state index contributed by atoms with van der Waals surface area (Å²) in [6.45, 7) is 3.85. The highest BCUT2D eigenvalue weighted by Crippen LogP contribution is 2.39. The molecular formula is C20H20FNO3S2. The van der Waals surface area contributed by atoms with E-state index in [1.165, 1.54) is 28.6 Å². The Morgan fingerprint density at radius 1 is 1.15 bits per heavy atom. The maximum Gasteiger partial charge on any atom is 0.244 e. The number of rotatable bonds is 5. The first-order valence-electron chi connectivity index (χ1n) is 8.55. The van der Waals surface area contributed by atoms with Gasteiger partial charge in [-0.15, -0.1) is 0 Å². The Morgan fingerprint density at radius 3 is 2.37 bits per heavy atom. The Hall–Kier alpha value is -1.96. The zero-order valence-corrected chi connectivity index (χ0v) is 16.7. The summed E-state index contributed by atoms with van der Waals surface area (Å²) in [5, 5.41) is -0.159. The number of hydrogen-bond donors (Lipinski definition) is 0. The number of thioether (sulfide) groups is 1. The van der Waals surface area contributed by atoms with Gasteiger partial charge in [-0.2, -0.15) is 4.31 Å². The monoisotopic (exact) mass is 405 g/mol. The Labute approximate surface area is 163 Å². The first kappa shape index (κ1) is 19.8. The summed E-state index contributed by atoms with van der Waals surface area (Å²) in [5.74, 6) is 0.182. The van der Waals surface area contributed by atoms with Crippen molar-refractivity contribution in [3.05, 3.63) is 77.1 Å². The van der Waals surface area contributed by atoms with Crippen molar-refractivity contribution in [1.29, 1.82) is 0 Å². The number of sulfonamides is 1. The van der Waals surface area contributed by atoms with Crippen molar-refractivity contribution in [2.24, 2.45) is 0 Å². The van der Waals surface area contributed by atoms with Crippen LogP contribution < -0.4 is 0 Å². The Balaban J connectivity index is 2.05. The molecule has 3 rings (SSSR count). The van der Waals surface area contributed by atoms with Crippen LogP contribution in [0.25, 0.3) is 0 Å². The maximum absolute atomic E-state index is 13.4. The highest BCUT2D eigenvalue weighted by molar-refractivity contribution is 8.14. The highest BCUT2D eigenvalue weighted by atomic mass is 32.2. The number of halogens is 1. The predicted octanol–water partition coefficient (Wildman–Crippen LogP) is 4.09. The van der Waals surface area contributed by atoms with E-state index >= 15 is 0 Å². The van der Waals surface area contributed by atoms with Crippen LogP contribution >= 0.6 is 11.8 Å². The van der Waals surface area contributed by atoms with Gasteiger partial charge < -0.3 is 0 Å². The van der Waals surface area contributed by atoms with E-state index in [4.69, 9.17) is 0 Å². The second kappa shape index (κ2) is 7.96. The topological polar surface area (TPSA) is 54.5 Å². The fourth-order valence-electron chi connectivity index (χ4n) is 3.04. The zero-order valence-electron chi connectivity index (χ0n) is 15.1.